The minimum absolute atomic E-state index is 0.468. The number of rotatable bonds is 5. The Balaban J connectivity index is 2.35. The van der Waals surface area contributed by atoms with Gasteiger partial charge in [-0.2, -0.15) is 9.47 Å². The molecule has 0 aliphatic heterocycles. The van der Waals surface area contributed by atoms with Crippen LogP contribution in [0.5, 0.6) is 0 Å². The van der Waals surface area contributed by atoms with E-state index >= 15 is 0 Å². The van der Waals surface area contributed by atoms with E-state index in [1.807, 2.05) is 6.92 Å². The molecular weight excluding hydrogens is 324 g/mol. The molecule has 94 valence electrons. The number of nitrogens with one attached hydrogen (secondary N) is 2. The molecule has 2 N–H and O–H groups in total. The molecule has 0 atom stereocenters. The summed E-state index contributed by atoms with van der Waals surface area (Å²) in [6.45, 7) is 3.19. The number of hydrogen-bond acceptors (Lipinski definition) is 5. The lowest BCUT2D eigenvalue weighted by Crippen LogP contribution is -2.34. The molecule has 0 amide bonds. The summed E-state index contributed by atoms with van der Waals surface area (Å²) >= 11 is 9.82. The normalized spacial score (nSPS) is 10.8. The van der Waals surface area contributed by atoms with Gasteiger partial charge in [-0.25, -0.2) is 0 Å². The molecule has 17 heavy (non-hydrogen) atoms. The highest BCUT2D eigenvalue weighted by molar-refractivity contribution is 9.10. The minimum atomic E-state index is 0.468. The van der Waals surface area contributed by atoms with E-state index in [1.54, 1.807) is 13.3 Å². The first-order chi connectivity index (χ1) is 8.15. The van der Waals surface area contributed by atoms with E-state index in [0.717, 1.165) is 15.0 Å². The Morgan fingerprint density at radius 1 is 1.71 bits per heavy atom. The van der Waals surface area contributed by atoms with E-state index in [1.165, 1.54) is 11.5 Å². The van der Waals surface area contributed by atoms with Crippen molar-refractivity contribution < 1.29 is 4.74 Å². The second-order valence-electron chi connectivity index (χ2n) is 3.06. The third-order valence-corrected chi connectivity index (χ3v) is 4.12. The molecule has 1 rings (SSSR count). The van der Waals surface area contributed by atoms with Crippen LogP contribution in [0.1, 0.15) is 10.6 Å². The van der Waals surface area contributed by atoms with Gasteiger partial charge in [0.05, 0.1) is 27.9 Å². The standard InChI is InChI=1S/C9H13BrN4OS2/c1-6-8(10)7(17-14-6)5-12-13-9(16)11-3-4-15-2/h5H,3-4H2,1-2H3,(H2,11,13,16)/b12-5+. The minimum Gasteiger partial charge on any atom is -0.383 e. The fraction of sp³-hybridized carbons (Fsp3) is 0.444. The molecule has 0 bridgehead atoms. The first kappa shape index (κ1) is 14.5. The van der Waals surface area contributed by atoms with Crippen LogP contribution in [0.25, 0.3) is 0 Å². The van der Waals surface area contributed by atoms with Crippen molar-refractivity contribution in [1.29, 1.82) is 0 Å². The van der Waals surface area contributed by atoms with Crippen LogP contribution in [0.15, 0.2) is 9.57 Å². The molecule has 8 heteroatoms. The number of thiocarbonyl (C=S) groups is 1. The fourth-order valence-corrected chi connectivity index (χ4v) is 2.25. The molecule has 0 unspecified atom stereocenters. The molecule has 0 saturated carbocycles. The van der Waals surface area contributed by atoms with Crippen LogP contribution in [-0.4, -0.2) is 36.0 Å². The zero-order valence-electron chi connectivity index (χ0n) is 9.49. The number of methoxy groups -OCH3 is 1. The van der Waals surface area contributed by atoms with Crippen molar-refractivity contribution in [2.24, 2.45) is 5.10 Å². The molecular formula is C9H13BrN4OS2. The van der Waals surface area contributed by atoms with E-state index in [4.69, 9.17) is 17.0 Å². The highest BCUT2D eigenvalue weighted by atomic mass is 79.9. The van der Waals surface area contributed by atoms with Gasteiger partial charge in [0.25, 0.3) is 0 Å². The SMILES string of the molecule is COCCNC(=S)N/N=C/c1snc(C)c1Br. The maximum absolute atomic E-state index is 5.01. The Kier molecular flexibility index (Phi) is 6.56. The lowest BCUT2D eigenvalue weighted by molar-refractivity contribution is 0.204. The lowest BCUT2D eigenvalue weighted by atomic mass is 10.4. The van der Waals surface area contributed by atoms with Gasteiger partial charge in [0.15, 0.2) is 5.11 Å². The van der Waals surface area contributed by atoms with Gasteiger partial charge in [0.2, 0.25) is 0 Å². The van der Waals surface area contributed by atoms with Crippen LogP contribution < -0.4 is 10.7 Å². The molecule has 1 heterocycles. The van der Waals surface area contributed by atoms with Crippen molar-refractivity contribution in [2.45, 2.75) is 6.92 Å². The molecule has 0 saturated heterocycles. The molecule has 0 aliphatic carbocycles. The van der Waals surface area contributed by atoms with Crippen LogP contribution in [0.3, 0.4) is 0 Å². The molecule has 1 aromatic rings. The van der Waals surface area contributed by atoms with E-state index < -0.39 is 0 Å². The maximum Gasteiger partial charge on any atom is 0.187 e. The smallest absolute Gasteiger partial charge is 0.187 e. The summed E-state index contributed by atoms with van der Waals surface area (Å²) in [6.07, 6.45) is 1.68. The number of halogens is 1. The number of hydrazone groups is 1. The largest absolute Gasteiger partial charge is 0.383 e. The van der Waals surface area contributed by atoms with Crippen molar-refractivity contribution >= 4 is 51.0 Å². The summed E-state index contributed by atoms with van der Waals surface area (Å²) in [5, 5.41) is 7.43. The van der Waals surface area contributed by atoms with Crippen LogP contribution in [0.2, 0.25) is 0 Å². The van der Waals surface area contributed by atoms with Gasteiger partial charge in [-0.3, -0.25) is 5.43 Å². The van der Waals surface area contributed by atoms with E-state index in [2.05, 4.69) is 36.1 Å². The van der Waals surface area contributed by atoms with Gasteiger partial charge in [-0.1, -0.05) is 0 Å². The predicted octanol–water partition coefficient (Wildman–Crippen LogP) is 1.66. The molecule has 0 aliphatic rings. The Hall–Kier alpha value is -0.570. The highest BCUT2D eigenvalue weighted by Crippen LogP contribution is 2.22. The number of hydrogen-bond donors (Lipinski definition) is 2. The van der Waals surface area contributed by atoms with Crippen LogP contribution in [0.4, 0.5) is 0 Å². The molecule has 1 aromatic heterocycles. The third kappa shape index (κ3) is 5.07. The average molecular weight is 337 g/mol. The Morgan fingerprint density at radius 3 is 3.06 bits per heavy atom. The molecule has 0 aromatic carbocycles. The van der Waals surface area contributed by atoms with Crippen LogP contribution in [0, 0.1) is 6.92 Å². The van der Waals surface area contributed by atoms with Gasteiger partial charge in [-0.05, 0) is 46.6 Å². The molecule has 0 radical (unpaired) electrons. The monoisotopic (exact) mass is 336 g/mol. The fourth-order valence-electron chi connectivity index (χ4n) is 0.912. The second-order valence-corrected chi connectivity index (χ2v) is 5.07. The molecule has 5 nitrogen and oxygen atoms in total. The van der Waals surface area contributed by atoms with Crippen LogP contribution >= 0.6 is 39.7 Å². The van der Waals surface area contributed by atoms with Crippen molar-refractivity contribution in [3.05, 3.63) is 15.0 Å². The van der Waals surface area contributed by atoms with Crippen LogP contribution in [-0.2, 0) is 4.74 Å². The van der Waals surface area contributed by atoms with Crippen molar-refractivity contribution in [2.75, 3.05) is 20.3 Å². The number of nitrogens with zero attached hydrogens (tertiary/aromatic N) is 2. The summed E-state index contributed by atoms with van der Waals surface area (Å²) in [4.78, 5) is 0.953. The topological polar surface area (TPSA) is 58.5 Å². The number of aryl methyl sites for hydroxylation is 1. The van der Waals surface area contributed by atoms with Gasteiger partial charge in [0.1, 0.15) is 0 Å². The first-order valence-electron chi connectivity index (χ1n) is 4.82. The van der Waals surface area contributed by atoms with Gasteiger partial charge < -0.3 is 10.1 Å². The third-order valence-electron chi connectivity index (χ3n) is 1.75. The Bertz CT molecular complexity index is 408. The number of ether oxygens (including phenoxy) is 1. The summed E-state index contributed by atoms with van der Waals surface area (Å²) < 4.78 is 10.0. The van der Waals surface area contributed by atoms with Gasteiger partial charge in [-0.15, -0.1) is 0 Å². The summed E-state index contributed by atoms with van der Waals surface area (Å²) in [6, 6.07) is 0. The average Bonchev–Trinajstić information content (AvgIpc) is 2.61. The maximum atomic E-state index is 5.01. The van der Waals surface area contributed by atoms with Crippen molar-refractivity contribution in [1.82, 2.24) is 15.1 Å². The Labute approximate surface area is 118 Å². The van der Waals surface area contributed by atoms with E-state index in [-0.39, 0.29) is 0 Å². The van der Waals surface area contributed by atoms with Gasteiger partial charge in [0, 0.05) is 13.7 Å². The van der Waals surface area contributed by atoms with Crippen molar-refractivity contribution in [3.63, 3.8) is 0 Å². The van der Waals surface area contributed by atoms with E-state index in [9.17, 15) is 0 Å². The predicted molar refractivity (Wildman–Crippen MR) is 77.8 cm³/mol. The zero-order valence-corrected chi connectivity index (χ0v) is 12.7. The van der Waals surface area contributed by atoms with E-state index in [0.29, 0.717) is 18.3 Å². The summed E-state index contributed by atoms with van der Waals surface area (Å²) in [5.41, 5.74) is 3.67. The highest BCUT2D eigenvalue weighted by Gasteiger charge is 2.04. The summed E-state index contributed by atoms with van der Waals surface area (Å²) in [5.74, 6) is 0. The second kappa shape index (κ2) is 7.70. The Morgan fingerprint density at radius 2 is 2.47 bits per heavy atom. The van der Waals surface area contributed by atoms with Gasteiger partial charge >= 0.3 is 0 Å². The first-order valence-corrected chi connectivity index (χ1v) is 6.80. The summed E-state index contributed by atoms with van der Waals surface area (Å²) in [7, 11) is 1.64. The lowest BCUT2D eigenvalue weighted by Gasteiger charge is -2.05. The molecule has 0 spiro atoms. The quantitative estimate of drug-likeness (QED) is 0.370. The molecule has 0 fully saturated rings. The number of aromatic nitrogens is 1. The van der Waals surface area contributed by atoms with Crippen molar-refractivity contribution in [3.8, 4) is 0 Å². The zero-order chi connectivity index (χ0) is 12.7.